The number of rotatable bonds is 3. The zero-order valence-electron chi connectivity index (χ0n) is 11.2. The maximum atomic E-state index is 12.2. The summed E-state index contributed by atoms with van der Waals surface area (Å²) >= 11 is 0. The summed E-state index contributed by atoms with van der Waals surface area (Å²) in [6.07, 6.45) is 2.12. The van der Waals surface area contributed by atoms with Gasteiger partial charge in [-0.1, -0.05) is 6.92 Å². The van der Waals surface area contributed by atoms with Gasteiger partial charge in [-0.05, 0) is 25.7 Å². The highest BCUT2D eigenvalue weighted by molar-refractivity contribution is 5.79. The molecule has 0 spiro atoms. The first-order valence-corrected chi connectivity index (χ1v) is 6.84. The number of amides is 2. The molecule has 0 bridgehead atoms. The van der Waals surface area contributed by atoms with Crippen LogP contribution >= 0.6 is 0 Å². The minimum absolute atomic E-state index is 0.152. The molecule has 1 saturated carbocycles. The average molecular weight is 254 g/mol. The predicted octanol–water partition coefficient (Wildman–Crippen LogP) is 1.33. The fourth-order valence-corrected chi connectivity index (χ4v) is 2.41. The molecule has 1 aliphatic heterocycles. The summed E-state index contributed by atoms with van der Waals surface area (Å²) in [4.78, 5) is 27.3. The topological polar surface area (TPSA) is 49.9 Å². The van der Waals surface area contributed by atoms with E-state index in [1.54, 1.807) is 11.8 Å². The molecule has 5 nitrogen and oxygen atoms in total. The second kappa shape index (κ2) is 5.59. The van der Waals surface area contributed by atoms with Gasteiger partial charge in [-0.2, -0.15) is 0 Å². The Kier molecular flexibility index (Phi) is 4.09. The van der Waals surface area contributed by atoms with Crippen LogP contribution < -0.4 is 0 Å². The smallest absolute Gasteiger partial charge is 0.409 e. The Hall–Kier alpha value is -1.26. The molecule has 0 radical (unpaired) electrons. The maximum absolute atomic E-state index is 12.2. The van der Waals surface area contributed by atoms with Gasteiger partial charge in [0.05, 0.1) is 6.61 Å². The fraction of sp³-hybridized carbons (Fsp3) is 0.846. The van der Waals surface area contributed by atoms with Gasteiger partial charge in [0.25, 0.3) is 0 Å². The number of carbonyl (C=O) groups is 2. The minimum Gasteiger partial charge on any atom is -0.450 e. The van der Waals surface area contributed by atoms with E-state index in [-0.39, 0.29) is 17.9 Å². The normalized spacial score (nSPS) is 21.7. The lowest BCUT2D eigenvalue weighted by Gasteiger charge is -2.35. The van der Waals surface area contributed by atoms with Gasteiger partial charge in [0, 0.05) is 32.1 Å². The summed E-state index contributed by atoms with van der Waals surface area (Å²) in [5.74, 6) is 1.00. The van der Waals surface area contributed by atoms with Crippen LogP contribution in [0.25, 0.3) is 0 Å². The van der Waals surface area contributed by atoms with Crippen molar-refractivity contribution in [3.63, 3.8) is 0 Å². The average Bonchev–Trinajstić information content (AvgIpc) is 3.22. The molecule has 0 N–H and O–H groups in total. The van der Waals surface area contributed by atoms with Gasteiger partial charge in [0.15, 0.2) is 0 Å². The molecule has 0 aromatic heterocycles. The predicted molar refractivity (Wildman–Crippen MR) is 67.1 cm³/mol. The van der Waals surface area contributed by atoms with E-state index < -0.39 is 0 Å². The van der Waals surface area contributed by atoms with Crippen molar-refractivity contribution in [2.75, 3.05) is 32.8 Å². The number of carbonyl (C=O) groups excluding carboxylic acids is 2. The van der Waals surface area contributed by atoms with E-state index in [1.165, 1.54) is 12.8 Å². The molecule has 1 heterocycles. The quantitative estimate of drug-likeness (QED) is 0.763. The molecule has 1 saturated heterocycles. The first-order valence-electron chi connectivity index (χ1n) is 6.84. The SMILES string of the molecule is CCOC(=O)N1CCN(C(=O)C(C)C2CC2)CC1. The van der Waals surface area contributed by atoms with Crippen LogP contribution in [-0.4, -0.2) is 54.6 Å². The zero-order chi connectivity index (χ0) is 13.1. The Labute approximate surface area is 108 Å². The van der Waals surface area contributed by atoms with Gasteiger partial charge < -0.3 is 14.5 Å². The van der Waals surface area contributed by atoms with Crippen LogP contribution in [0.3, 0.4) is 0 Å². The van der Waals surface area contributed by atoms with E-state index in [2.05, 4.69) is 0 Å². The van der Waals surface area contributed by atoms with Crippen molar-refractivity contribution in [3.8, 4) is 0 Å². The molecule has 2 rings (SSSR count). The monoisotopic (exact) mass is 254 g/mol. The number of piperazine rings is 1. The third kappa shape index (κ3) is 2.94. The summed E-state index contributed by atoms with van der Waals surface area (Å²) in [5.41, 5.74) is 0. The van der Waals surface area contributed by atoms with Crippen LogP contribution in [0.4, 0.5) is 4.79 Å². The number of ether oxygens (including phenoxy) is 1. The molecule has 0 aromatic rings. The van der Waals surface area contributed by atoms with Gasteiger partial charge in [-0.3, -0.25) is 4.79 Å². The van der Waals surface area contributed by atoms with Crippen LogP contribution in [-0.2, 0) is 9.53 Å². The molecular formula is C13H22N2O3. The molecule has 102 valence electrons. The van der Waals surface area contributed by atoms with E-state index in [0.29, 0.717) is 38.7 Å². The van der Waals surface area contributed by atoms with E-state index in [0.717, 1.165) is 0 Å². The molecule has 0 aromatic carbocycles. The van der Waals surface area contributed by atoms with Crippen molar-refractivity contribution in [1.29, 1.82) is 0 Å². The Bertz CT molecular complexity index is 320. The van der Waals surface area contributed by atoms with E-state index >= 15 is 0 Å². The van der Waals surface area contributed by atoms with Gasteiger partial charge in [0.1, 0.15) is 0 Å². The molecule has 2 aliphatic rings. The van der Waals surface area contributed by atoms with E-state index in [9.17, 15) is 9.59 Å². The highest BCUT2D eigenvalue weighted by Crippen LogP contribution is 2.37. The van der Waals surface area contributed by atoms with Crippen molar-refractivity contribution >= 4 is 12.0 Å². The Morgan fingerprint density at radius 2 is 1.72 bits per heavy atom. The molecule has 1 atom stereocenters. The standard InChI is InChI=1S/C13H22N2O3/c1-3-18-13(17)15-8-6-14(7-9-15)12(16)10(2)11-4-5-11/h10-11H,3-9H2,1-2H3. The molecule has 1 aliphatic carbocycles. The molecule has 2 fully saturated rings. The number of hydrogen-bond acceptors (Lipinski definition) is 3. The van der Waals surface area contributed by atoms with Crippen molar-refractivity contribution in [2.24, 2.45) is 11.8 Å². The van der Waals surface area contributed by atoms with Crippen molar-refractivity contribution in [2.45, 2.75) is 26.7 Å². The summed E-state index contributed by atoms with van der Waals surface area (Å²) in [5, 5.41) is 0. The molecule has 1 unspecified atom stereocenters. The molecular weight excluding hydrogens is 232 g/mol. The second-order valence-electron chi connectivity index (χ2n) is 5.14. The Morgan fingerprint density at radius 3 is 2.22 bits per heavy atom. The summed E-state index contributed by atoms with van der Waals surface area (Å²) in [6.45, 7) is 6.66. The molecule has 18 heavy (non-hydrogen) atoms. The number of hydrogen-bond donors (Lipinski definition) is 0. The zero-order valence-corrected chi connectivity index (χ0v) is 11.2. The van der Waals surface area contributed by atoms with Crippen molar-refractivity contribution in [1.82, 2.24) is 9.80 Å². The maximum Gasteiger partial charge on any atom is 0.409 e. The summed E-state index contributed by atoms with van der Waals surface area (Å²) in [6, 6.07) is 0. The first-order chi connectivity index (χ1) is 8.63. The lowest BCUT2D eigenvalue weighted by Crippen LogP contribution is -2.52. The van der Waals surface area contributed by atoms with E-state index in [4.69, 9.17) is 4.74 Å². The third-order valence-electron chi connectivity index (χ3n) is 3.84. The molecule has 5 heteroatoms. The van der Waals surface area contributed by atoms with Gasteiger partial charge in [0.2, 0.25) is 5.91 Å². The van der Waals surface area contributed by atoms with Gasteiger partial charge >= 0.3 is 6.09 Å². The van der Waals surface area contributed by atoms with Crippen molar-refractivity contribution in [3.05, 3.63) is 0 Å². The highest BCUT2D eigenvalue weighted by Gasteiger charge is 2.36. The second-order valence-corrected chi connectivity index (χ2v) is 5.14. The minimum atomic E-state index is -0.264. The number of nitrogens with zero attached hydrogens (tertiary/aromatic N) is 2. The largest absolute Gasteiger partial charge is 0.450 e. The van der Waals surface area contributed by atoms with E-state index in [1.807, 2.05) is 11.8 Å². The van der Waals surface area contributed by atoms with Crippen LogP contribution in [0, 0.1) is 11.8 Å². The summed E-state index contributed by atoms with van der Waals surface area (Å²) in [7, 11) is 0. The van der Waals surface area contributed by atoms with Crippen LogP contribution in [0.2, 0.25) is 0 Å². The van der Waals surface area contributed by atoms with Gasteiger partial charge in [-0.25, -0.2) is 4.79 Å². The van der Waals surface area contributed by atoms with Crippen LogP contribution in [0.1, 0.15) is 26.7 Å². The Morgan fingerprint density at radius 1 is 1.17 bits per heavy atom. The van der Waals surface area contributed by atoms with Crippen molar-refractivity contribution < 1.29 is 14.3 Å². The third-order valence-corrected chi connectivity index (χ3v) is 3.84. The first kappa shape index (κ1) is 13.2. The molecule has 2 amide bonds. The summed E-state index contributed by atoms with van der Waals surface area (Å²) < 4.78 is 4.96. The van der Waals surface area contributed by atoms with Gasteiger partial charge in [-0.15, -0.1) is 0 Å². The Balaban J connectivity index is 1.78. The van der Waals surface area contributed by atoms with Crippen LogP contribution in [0.15, 0.2) is 0 Å². The lowest BCUT2D eigenvalue weighted by molar-refractivity contribution is -0.137. The van der Waals surface area contributed by atoms with Crippen LogP contribution in [0.5, 0.6) is 0 Å². The lowest BCUT2D eigenvalue weighted by atomic mass is 10.0. The highest BCUT2D eigenvalue weighted by atomic mass is 16.6. The fourth-order valence-electron chi connectivity index (χ4n) is 2.41.